The number of nitrogens with zero attached hydrogens (tertiary/aromatic N) is 5. The summed E-state index contributed by atoms with van der Waals surface area (Å²) in [6.07, 6.45) is 6.18. The van der Waals surface area contributed by atoms with Crippen LogP contribution in [-0.4, -0.2) is 85.9 Å². The molecular formula is C18H31N7O. The van der Waals surface area contributed by atoms with Crippen molar-refractivity contribution in [2.45, 2.75) is 25.9 Å². The quantitative estimate of drug-likeness (QED) is 0.535. The minimum atomic E-state index is 0.290. The number of hydrogen-bond acceptors (Lipinski definition) is 6. The van der Waals surface area contributed by atoms with Crippen LogP contribution in [0.1, 0.15) is 19.8 Å². The van der Waals surface area contributed by atoms with Crippen LogP contribution >= 0.6 is 0 Å². The van der Waals surface area contributed by atoms with Crippen LogP contribution in [0.2, 0.25) is 0 Å². The predicted molar refractivity (Wildman–Crippen MR) is 104 cm³/mol. The molecule has 0 spiro atoms. The second-order valence-electron chi connectivity index (χ2n) is 6.66. The normalized spacial score (nSPS) is 21.8. The van der Waals surface area contributed by atoms with Gasteiger partial charge in [0.2, 0.25) is 5.95 Å². The molecule has 0 radical (unpaired) electrons. The van der Waals surface area contributed by atoms with Gasteiger partial charge in [-0.2, -0.15) is 0 Å². The lowest BCUT2D eigenvalue weighted by molar-refractivity contribution is 0.117. The molecule has 8 nitrogen and oxygen atoms in total. The molecular weight excluding hydrogens is 330 g/mol. The summed E-state index contributed by atoms with van der Waals surface area (Å²) < 4.78 is 5.64. The Bertz CT molecular complexity index is 540. The topological polar surface area (TPSA) is 77.9 Å². The first-order valence-electron chi connectivity index (χ1n) is 9.73. The van der Waals surface area contributed by atoms with Gasteiger partial charge in [-0.1, -0.05) is 0 Å². The van der Waals surface area contributed by atoms with Gasteiger partial charge in [-0.05, 0) is 25.8 Å². The number of ether oxygens (including phenoxy) is 1. The second-order valence-corrected chi connectivity index (χ2v) is 6.66. The number of anilines is 1. The molecule has 0 aliphatic carbocycles. The molecule has 2 fully saturated rings. The van der Waals surface area contributed by atoms with Crippen molar-refractivity contribution in [3.05, 3.63) is 18.5 Å². The number of piperazine rings is 1. The van der Waals surface area contributed by atoms with Crippen molar-refractivity contribution < 1.29 is 4.74 Å². The van der Waals surface area contributed by atoms with Crippen LogP contribution in [0.3, 0.4) is 0 Å². The van der Waals surface area contributed by atoms with Crippen molar-refractivity contribution in [3.63, 3.8) is 0 Å². The lowest BCUT2D eigenvalue weighted by Crippen LogP contribution is -2.49. The van der Waals surface area contributed by atoms with E-state index in [9.17, 15) is 0 Å². The van der Waals surface area contributed by atoms with Gasteiger partial charge < -0.3 is 20.3 Å². The van der Waals surface area contributed by atoms with E-state index >= 15 is 0 Å². The smallest absolute Gasteiger partial charge is 0.225 e. The molecule has 2 saturated heterocycles. The number of nitrogens with one attached hydrogen (secondary N) is 2. The zero-order valence-electron chi connectivity index (χ0n) is 15.7. The van der Waals surface area contributed by atoms with Gasteiger partial charge in [-0.15, -0.1) is 0 Å². The summed E-state index contributed by atoms with van der Waals surface area (Å²) >= 11 is 0. The molecule has 0 amide bonds. The molecule has 0 saturated carbocycles. The summed E-state index contributed by atoms with van der Waals surface area (Å²) in [7, 11) is 0. The molecule has 1 unspecified atom stereocenters. The molecule has 8 heteroatoms. The Kier molecular flexibility index (Phi) is 7.45. The third kappa shape index (κ3) is 5.81. The van der Waals surface area contributed by atoms with E-state index in [0.29, 0.717) is 6.10 Å². The van der Waals surface area contributed by atoms with Crippen molar-refractivity contribution in [3.8, 4) is 0 Å². The number of hydrogen-bond donors (Lipinski definition) is 2. The first-order valence-corrected chi connectivity index (χ1v) is 9.73. The second kappa shape index (κ2) is 10.3. The molecule has 1 aromatic heterocycles. The van der Waals surface area contributed by atoms with Gasteiger partial charge in [-0.3, -0.25) is 9.89 Å². The summed E-state index contributed by atoms with van der Waals surface area (Å²) in [4.78, 5) is 18.0. The van der Waals surface area contributed by atoms with Crippen LogP contribution in [-0.2, 0) is 4.74 Å². The van der Waals surface area contributed by atoms with Crippen LogP contribution < -0.4 is 15.5 Å². The highest BCUT2D eigenvalue weighted by molar-refractivity contribution is 5.79. The predicted octanol–water partition coefficient (Wildman–Crippen LogP) is 0.333. The van der Waals surface area contributed by atoms with Gasteiger partial charge in [0.1, 0.15) is 0 Å². The SMILES string of the molecule is CCNC(=NCC1CCCO1)NCCN1CCN(c2ncccn2)CC1. The van der Waals surface area contributed by atoms with Crippen molar-refractivity contribution in [2.24, 2.45) is 4.99 Å². The van der Waals surface area contributed by atoms with Crippen LogP contribution in [0, 0.1) is 0 Å². The summed E-state index contributed by atoms with van der Waals surface area (Å²) in [5.74, 6) is 1.72. The molecule has 1 atom stereocenters. The average Bonchev–Trinajstić information content (AvgIpc) is 3.21. The van der Waals surface area contributed by atoms with Crippen molar-refractivity contribution in [1.82, 2.24) is 25.5 Å². The van der Waals surface area contributed by atoms with E-state index in [0.717, 1.165) is 83.7 Å². The Morgan fingerprint density at radius 2 is 2.04 bits per heavy atom. The van der Waals surface area contributed by atoms with Crippen LogP contribution in [0.15, 0.2) is 23.5 Å². The molecule has 3 heterocycles. The van der Waals surface area contributed by atoms with Gasteiger partial charge in [-0.25, -0.2) is 9.97 Å². The first-order chi connectivity index (χ1) is 12.8. The fourth-order valence-electron chi connectivity index (χ4n) is 3.28. The van der Waals surface area contributed by atoms with E-state index in [2.05, 4.69) is 42.3 Å². The Balaban J connectivity index is 1.36. The lowest BCUT2D eigenvalue weighted by atomic mass is 10.2. The van der Waals surface area contributed by atoms with Crippen molar-refractivity contribution in [1.29, 1.82) is 0 Å². The summed E-state index contributed by atoms with van der Waals surface area (Å²) in [5, 5.41) is 6.75. The fraction of sp³-hybridized carbons (Fsp3) is 0.722. The third-order valence-electron chi connectivity index (χ3n) is 4.75. The number of aromatic nitrogens is 2. The van der Waals surface area contributed by atoms with E-state index < -0.39 is 0 Å². The molecule has 2 aliphatic heterocycles. The third-order valence-corrected chi connectivity index (χ3v) is 4.75. The molecule has 0 aromatic carbocycles. The Morgan fingerprint density at radius 1 is 1.23 bits per heavy atom. The Morgan fingerprint density at radius 3 is 2.73 bits per heavy atom. The average molecular weight is 361 g/mol. The Labute approximate surface area is 156 Å². The van der Waals surface area contributed by atoms with Crippen molar-refractivity contribution in [2.75, 3.05) is 63.9 Å². The first kappa shape index (κ1) is 18.8. The lowest BCUT2D eigenvalue weighted by Gasteiger charge is -2.34. The van der Waals surface area contributed by atoms with Gasteiger partial charge in [0, 0.05) is 64.8 Å². The van der Waals surface area contributed by atoms with Crippen molar-refractivity contribution >= 4 is 11.9 Å². The minimum Gasteiger partial charge on any atom is -0.376 e. The summed E-state index contributed by atoms with van der Waals surface area (Å²) in [6, 6.07) is 1.85. The number of guanidine groups is 1. The minimum absolute atomic E-state index is 0.290. The molecule has 144 valence electrons. The molecule has 0 bridgehead atoms. The van der Waals surface area contributed by atoms with E-state index in [4.69, 9.17) is 4.74 Å². The molecule has 2 N–H and O–H groups in total. The van der Waals surface area contributed by atoms with Gasteiger partial charge in [0.25, 0.3) is 0 Å². The molecule has 2 aliphatic rings. The molecule has 26 heavy (non-hydrogen) atoms. The summed E-state index contributed by atoms with van der Waals surface area (Å²) in [5.41, 5.74) is 0. The van der Waals surface area contributed by atoms with E-state index in [1.165, 1.54) is 0 Å². The maximum Gasteiger partial charge on any atom is 0.225 e. The Hall–Kier alpha value is -1.93. The number of aliphatic imine (C=N–C) groups is 1. The largest absolute Gasteiger partial charge is 0.376 e. The maximum absolute atomic E-state index is 5.64. The van der Waals surface area contributed by atoms with E-state index in [1.54, 1.807) is 12.4 Å². The van der Waals surface area contributed by atoms with E-state index in [1.807, 2.05) is 6.07 Å². The van der Waals surface area contributed by atoms with Gasteiger partial charge >= 0.3 is 0 Å². The van der Waals surface area contributed by atoms with Gasteiger partial charge in [0.15, 0.2) is 5.96 Å². The van der Waals surface area contributed by atoms with E-state index in [-0.39, 0.29) is 0 Å². The fourth-order valence-corrected chi connectivity index (χ4v) is 3.28. The monoisotopic (exact) mass is 361 g/mol. The highest BCUT2D eigenvalue weighted by atomic mass is 16.5. The number of rotatable bonds is 7. The zero-order chi connectivity index (χ0) is 18.0. The standard InChI is InChI=1S/C18H31N7O/c1-2-19-17(23-15-16-5-3-14-26-16)20-8-9-24-10-12-25(13-11-24)18-21-6-4-7-22-18/h4,6-7,16H,2-3,5,8-15H2,1H3,(H2,19,20,23). The van der Waals surface area contributed by atoms with Crippen LogP contribution in [0.25, 0.3) is 0 Å². The van der Waals surface area contributed by atoms with Crippen LogP contribution in [0.5, 0.6) is 0 Å². The molecule has 1 aromatic rings. The summed E-state index contributed by atoms with van der Waals surface area (Å²) in [6.45, 7) is 10.5. The molecule has 3 rings (SSSR count). The maximum atomic E-state index is 5.64. The highest BCUT2D eigenvalue weighted by Crippen LogP contribution is 2.12. The zero-order valence-corrected chi connectivity index (χ0v) is 15.7. The van der Waals surface area contributed by atoms with Crippen LogP contribution in [0.4, 0.5) is 5.95 Å². The highest BCUT2D eigenvalue weighted by Gasteiger charge is 2.18. The van der Waals surface area contributed by atoms with Gasteiger partial charge in [0.05, 0.1) is 12.6 Å².